The summed E-state index contributed by atoms with van der Waals surface area (Å²) in [6.07, 6.45) is 2.67. The lowest BCUT2D eigenvalue weighted by Crippen LogP contribution is -2.15. The van der Waals surface area contributed by atoms with Crippen LogP contribution < -0.4 is 11.1 Å². The number of hydrogen-bond acceptors (Lipinski definition) is 3. The molecule has 0 aliphatic heterocycles. The van der Waals surface area contributed by atoms with E-state index in [1.165, 1.54) is 31.0 Å². The molecule has 1 aliphatic carbocycles. The van der Waals surface area contributed by atoms with Gasteiger partial charge in [-0.3, -0.25) is 4.79 Å². The molecule has 3 N–H and O–H groups in total. The molecule has 0 atom stereocenters. The summed E-state index contributed by atoms with van der Waals surface area (Å²) >= 11 is 0. The van der Waals surface area contributed by atoms with E-state index >= 15 is 0 Å². The SMILES string of the molecule is Nc1ccc(F)c(NC(=O)CCOCC2CC2)c1. The first kappa shape index (κ1) is 12.8. The van der Waals surface area contributed by atoms with Crippen LogP contribution in [0.1, 0.15) is 19.3 Å². The summed E-state index contributed by atoms with van der Waals surface area (Å²) in [4.78, 5) is 11.5. The number of hydrogen-bond donors (Lipinski definition) is 2. The van der Waals surface area contributed by atoms with Gasteiger partial charge in [0.2, 0.25) is 5.91 Å². The van der Waals surface area contributed by atoms with Crippen molar-refractivity contribution in [3.63, 3.8) is 0 Å². The molecule has 0 heterocycles. The van der Waals surface area contributed by atoms with Crippen LogP contribution in [-0.4, -0.2) is 19.1 Å². The van der Waals surface area contributed by atoms with Gasteiger partial charge in [-0.1, -0.05) is 0 Å². The number of nitrogen functional groups attached to an aromatic ring is 1. The topological polar surface area (TPSA) is 64.3 Å². The van der Waals surface area contributed by atoms with Gasteiger partial charge in [0.25, 0.3) is 0 Å². The lowest BCUT2D eigenvalue weighted by atomic mass is 10.2. The van der Waals surface area contributed by atoms with Crippen LogP contribution in [-0.2, 0) is 9.53 Å². The Balaban J connectivity index is 1.73. The number of nitrogens with one attached hydrogen (secondary N) is 1. The van der Waals surface area contributed by atoms with E-state index in [0.29, 0.717) is 18.2 Å². The molecule has 0 saturated heterocycles. The largest absolute Gasteiger partial charge is 0.399 e. The average Bonchev–Trinajstić information content (AvgIpc) is 3.13. The molecule has 1 aromatic rings. The second-order valence-corrected chi connectivity index (χ2v) is 4.56. The number of carbonyl (C=O) groups excluding carboxylic acids is 1. The van der Waals surface area contributed by atoms with E-state index in [4.69, 9.17) is 10.5 Å². The second kappa shape index (κ2) is 5.82. The van der Waals surface area contributed by atoms with Crippen LogP contribution in [0.5, 0.6) is 0 Å². The molecule has 0 aromatic heterocycles. The fraction of sp³-hybridized carbons (Fsp3) is 0.462. The summed E-state index contributed by atoms with van der Waals surface area (Å²) < 4.78 is 18.7. The smallest absolute Gasteiger partial charge is 0.226 e. The molecule has 2 rings (SSSR count). The number of nitrogens with two attached hydrogens (primary N) is 1. The van der Waals surface area contributed by atoms with Crippen molar-refractivity contribution in [3.8, 4) is 0 Å². The molecule has 4 nitrogen and oxygen atoms in total. The zero-order valence-electron chi connectivity index (χ0n) is 10.1. The minimum Gasteiger partial charge on any atom is -0.399 e. The minimum atomic E-state index is -0.489. The molecular formula is C13H17FN2O2. The Morgan fingerprint density at radius 3 is 3.00 bits per heavy atom. The molecule has 1 amide bonds. The lowest BCUT2D eigenvalue weighted by Gasteiger charge is -2.07. The van der Waals surface area contributed by atoms with Gasteiger partial charge in [-0.25, -0.2) is 4.39 Å². The zero-order valence-corrected chi connectivity index (χ0v) is 10.1. The molecule has 1 aromatic carbocycles. The van der Waals surface area contributed by atoms with Crippen molar-refractivity contribution < 1.29 is 13.9 Å². The Morgan fingerprint density at radius 1 is 1.50 bits per heavy atom. The maximum atomic E-state index is 13.3. The van der Waals surface area contributed by atoms with Crippen LogP contribution in [0.15, 0.2) is 18.2 Å². The third-order valence-electron chi connectivity index (χ3n) is 2.79. The fourth-order valence-electron chi connectivity index (χ4n) is 1.55. The van der Waals surface area contributed by atoms with Gasteiger partial charge in [-0.05, 0) is 37.0 Å². The molecule has 18 heavy (non-hydrogen) atoms. The van der Waals surface area contributed by atoms with Crippen LogP contribution in [0.25, 0.3) is 0 Å². The monoisotopic (exact) mass is 252 g/mol. The summed E-state index contributed by atoms with van der Waals surface area (Å²) in [5.41, 5.74) is 6.05. The predicted molar refractivity (Wildman–Crippen MR) is 67.6 cm³/mol. The zero-order chi connectivity index (χ0) is 13.0. The molecule has 1 saturated carbocycles. The molecular weight excluding hydrogens is 235 g/mol. The number of halogens is 1. The normalized spacial score (nSPS) is 14.5. The highest BCUT2D eigenvalue weighted by molar-refractivity contribution is 5.91. The molecule has 0 unspecified atom stereocenters. The van der Waals surface area contributed by atoms with Crippen LogP contribution in [0.2, 0.25) is 0 Å². The summed E-state index contributed by atoms with van der Waals surface area (Å²) in [7, 11) is 0. The Bertz CT molecular complexity index is 433. The van der Waals surface area contributed by atoms with Crippen LogP contribution in [0, 0.1) is 11.7 Å². The molecule has 0 radical (unpaired) electrons. The van der Waals surface area contributed by atoms with E-state index in [0.717, 1.165) is 6.61 Å². The van der Waals surface area contributed by atoms with Gasteiger partial charge in [0.1, 0.15) is 5.82 Å². The summed E-state index contributed by atoms with van der Waals surface area (Å²) in [5, 5.41) is 2.48. The number of carbonyl (C=O) groups is 1. The third kappa shape index (κ3) is 4.00. The van der Waals surface area contributed by atoms with E-state index in [9.17, 15) is 9.18 Å². The number of ether oxygens (including phenoxy) is 1. The predicted octanol–water partition coefficient (Wildman–Crippen LogP) is 2.16. The first-order valence-corrected chi connectivity index (χ1v) is 6.08. The minimum absolute atomic E-state index is 0.113. The van der Waals surface area contributed by atoms with Gasteiger partial charge >= 0.3 is 0 Å². The van der Waals surface area contributed by atoms with Crippen molar-refractivity contribution in [1.29, 1.82) is 0 Å². The Labute approximate surface area is 105 Å². The molecule has 98 valence electrons. The Hall–Kier alpha value is -1.62. The average molecular weight is 252 g/mol. The number of rotatable bonds is 6. The summed E-state index contributed by atoms with van der Waals surface area (Å²) in [5.74, 6) is -0.0776. The van der Waals surface area contributed by atoms with Crippen molar-refractivity contribution in [1.82, 2.24) is 0 Å². The van der Waals surface area contributed by atoms with Crippen LogP contribution in [0.4, 0.5) is 15.8 Å². The number of benzene rings is 1. The molecule has 0 spiro atoms. The molecule has 5 heteroatoms. The first-order valence-electron chi connectivity index (χ1n) is 6.08. The van der Waals surface area contributed by atoms with Crippen molar-refractivity contribution >= 4 is 17.3 Å². The van der Waals surface area contributed by atoms with Crippen LogP contribution >= 0.6 is 0 Å². The Kier molecular flexibility index (Phi) is 4.15. The van der Waals surface area contributed by atoms with E-state index in [1.54, 1.807) is 0 Å². The highest BCUT2D eigenvalue weighted by atomic mass is 19.1. The van der Waals surface area contributed by atoms with Gasteiger partial charge in [-0.2, -0.15) is 0 Å². The van der Waals surface area contributed by atoms with Crippen LogP contribution in [0.3, 0.4) is 0 Å². The highest BCUT2D eigenvalue weighted by Crippen LogP contribution is 2.28. The molecule has 1 fully saturated rings. The van der Waals surface area contributed by atoms with E-state index in [2.05, 4.69) is 5.32 Å². The number of amides is 1. The maximum absolute atomic E-state index is 13.3. The fourth-order valence-corrected chi connectivity index (χ4v) is 1.55. The van der Waals surface area contributed by atoms with Crippen molar-refractivity contribution in [2.24, 2.45) is 5.92 Å². The van der Waals surface area contributed by atoms with E-state index < -0.39 is 5.82 Å². The van der Waals surface area contributed by atoms with Crippen molar-refractivity contribution in [3.05, 3.63) is 24.0 Å². The summed E-state index contributed by atoms with van der Waals surface area (Å²) in [6, 6.07) is 4.08. The van der Waals surface area contributed by atoms with Gasteiger partial charge in [-0.15, -0.1) is 0 Å². The van der Waals surface area contributed by atoms with Gasteiger partial charge in [0.05, 0.1) is 18.7 Å². The second-order valence-electron chi connectivity index (χ2n) is 4.56. The highest BCUT2D eigenvalue weighted by Gasteiger charge is 2.21. The van der Waals surface area contributed by atoms with Gasteiger partial charge in [0.15, 0.2) is 0 Å². The number of anilines is 2. The maximum Gasteiger partial charge on any atom is 0.226 e. The van der Waals surface area contributed by atoms with Gasteiger partial charge in [0, 0.05) is 12.3 Å². The molecule has 1 aliphatic rings. The van der Waals surface area contributed by atoms with Gasteiger partial charge < -0.3 is 15.8 Å². The van der Waals surface area contributed by atoms with Crippen molar-refractivity contribution in [2.45, 2.75) is 19.3 Å². The third-order valence-corrected chi connectivity index (χ3v) is 2.79. The first-order chi connectivity index (χ1) is 8.65. The standard InChI is InChI=1S/C13H17FN2O2/c14-11-4-3-10(15)7-12(11)16-13(17)5-6-18-8-9-1-2-9/h3-4,7,9H,1-2,5-6,8,15H2,(H,16,17). The molecule has 0 bridgehead atoms. The van der Waals surface area contributed by atoms with E-state index in [1.807, 2.05) is 0 Å². The lowest BCUT2D eigenvalue weighted by molar-refractivity contribution is -0.117. The quantitative estimate of drug-likeness (QED) is 0.602. The van der Waals surface area contributed by atoms with Crippen molar-refractivity contribution in [2.75, 3.05) is 24.3 Å². The summed E-state index contributed by atoms with van der Waals surface area (Å²) in [6.45, 7) is 1.09. The van der Waals surface area contributed by atoms with E-state index in [-0.39, 0.29) is 18.0 Å². The Morgan fingerprint density at radius 2 is 2.28 bits per heavy atom.